The van der Waals surface area contributed by atoms with Crippen molar-refractivity contribution >= 4 is 10.9 Å². The molecule has 0 aliphatic rings. The van der Waals surface area contributed by atoms with Gasteiger partial charge < -0.3 is 4.74 Å². The number of nitrogens with zero attached hydrogens (tertiary/aromatic N) is 3. The maximum atomic E-state index is 5.16. The van der Waals surface area contributed by atoms with Crippen LogP contribution in [0.4, 0.5) is 0 Å². The molecule has 0 aromatic carbocycles. The largest absolute Gasteiger partial charge is 0.480 e. The van der Waals surface area contributed by atoms with Gasteiger partial charge in [0, 0.05) is 13.2 Å². The Morgan fingerprint density at radius 2 is 2.23 bits per heavy atom. The Bertz CT molecular complexity index is 447. The van der Waals surface area contributed by atoms with Crippen molar-refractivity contribution in [2.24, 2.45) is 7.05 Å². The molecule has 13 heavy (non-hydrogen) atoms. The monoisotopic (exact) mass is 177 g/mol. The normalized spacial score (nSPS) is 10.7. The van der Waals surface area contributed by atoms with Gasteiger partial charge in [-0.2, -0.15) is 5.10 Å². The molecule has 2 aromatic heterocycles. The summed E-state index contributed by atoms with van der Waals surface area (Å²) in [7, 11) is 3.53. The molecule has 0 saturated heterocycles. The van der Waals surface area contributed by atoms with Crippen LogP contribution in [0.25, 0.3) is 10.9 Å². The highest BCUT2D eigenvalue weighted by molar-refractivity contribution is 5.86. The molecule has 2 rings (SSSR count). The lowest BCUT2D eigenvalue weighted by atomic mass is 10.2. The Labute approximate surface area is 76.1 Å². The van der Waals surface area contributed by atoms with E-state index >= 15 is 0 Å². The van der Waals surface area contributed by atoms with Crippen LogP contribution < -0.4 is 4.74 Å². The van der Waals surface area contributed by atoms with Gasteiger partial charge >= 0.3 is 0 Å². The number of pyridine rings is 1. The summed E-state index contributed by atoms with van der Waals surface area (Å²) < 4.78 is 6.99. The van der Waals surface area contributed by atoms with Crippen molar-refractivity contribution in [3.63, 3.8) is 0 Å². The zero-order valence-corrected chi connectivity index (χ0v) is 7.90. The third-order valence-corrected chi connectivity index (χ3v) is 2.10. The van der Waals surface area contributed by atoms with Gasteiger partial charge in [0.1, 0.15) is 0 Å². The summed E-state index contributed by atoms with van der Waals surface area (Å²) in [5.74, 6) is 0.642. The molecule has 4 heteroatoms. The van der Waals surface area contributed by atoms with Crippen LogP contribution in [0.5, 0.6) is 5.88 Å². The van der Waals surface area contributed by atoms with Gasteiger partial charge in [0.25, 0.3) is 0 Å². The highest BCUT2D eigenvalue weighted by Crippen LogP contribution is 2.24. The van der Waals surface area contributed by atoms with E-state index in [-0.39, 0.29) is 0 Å². The van der Waals surface area contributed by atoms with E-state index in [1.54, 1.807) is 13.3 Å². The van der Waals surface area contributed by atoms with Crippen LogP contribution in [0.15, 0.2) is 12.3 Å². The highest BCUT2D eigenvalue weighted by atomic mass is 16.5. The van der Waals surface area contributed by atoms with Crippen LogP contribution in [0, 0.1) is 6.92 Å². The van der Waals surface area contributed by atoms with E-state index in [0.29, 0.717) is 5.88 Å². The molecule has 0 aliphatic carbocycles. The first-order valence-corrected chi connectivity index (χ1v) is 4.06. The highest BCUT2D eigenvalue weighted by Gasteiger charge is 2.10. The van der Waals surface area contributed by atoms with E-state index in [0.717, 1.165) is 16.6 Å². The van der Waals surface area contributed by atoms with Crippen LogP contribution in [-0.4, -0.2) is 21.9 Å². The van der Waals surface area contributed by atoms with Crippen molar-refractivity contribution in [1.82, 2.24) is 14.8 Å². The fraction of sp³-hybridized carbons (Fsp3) is 0.333. The summed E-state index contributed by atoms with van der Waals surface area (Å²) in [6.07, 6.45) is 1.72. The molecular formula is C9H11N3O. The van der Waals surface area contributed by atoms with E-state index in [9.17, 15) is 0 Å². The smallest absolute Gasteiger partial charge is 0.224 e. The number of methoxy groups -OCH3 is 1. The number of fused-ring (bicyclic) bond motifs is 1. The van der Waals surface area contributed by atoms with Crippen LogP contribution in [0.1, 0.15) is 5.69 Å². The van der Waals surface area contributed by atoms with E-state index < -0.39 is 0 Å². The number of hydrogen-bond donors (Lipinski definition) is 0. The van der Waals surface area contributed by atoms with Crippen LogP contribution in [0.3, 0.4) is 0 Å². The molecule has 0 spiro atoms. The minimum absolute atomic E-state index is 0.642. The minimum Gasteiger partial charge on any atom is -0.480 e. The number of hydrogen-bond acceptors (Lipinski definition) is 3. The second-order valence-electron chi connectivity index (χ2n) is 2.92. The maximum Gasteiger partial charge on any atom is 0.224 e. The van der Waals surface area contributed by atoms with Crippen molar-refractivity contribution in [1.29, 1.82) is 0 Å². The summed E-state index contributed by atoms with van der Waals surface area (Å²) in [5, 5.41) is 5.29. The summed E-state index contributed by atoms with van der Waals surface area (Å²) in [6.45, 7) is 1.95. The van der Waals surface area contributed by atoms with Crippen molar-refractivity contribution in [2.45, 2.75) is 6.92 Å². The molecule has 2 heterocycles. The molecule has 0 amide bonds. The van der Waals surface area contributed by atoms with Gasteiger partial charge in [0.2, 0.25) is 5.88 Å². The Kier molecular flexibility index (Phi) is 1.69. The number of aromatic nitrogens is 3. The summed E-state index contributed by atoms with van der Waals surface area (Å²) >= 11 is 0. The molecule has 2 aromatic rings. The third kappa shape index (κ3) is 1.06. The van der Waals surface area contributed by atoms with Crippen molar-refractivity contribution in [3.8, 4) is 5.88 Å². The lowest BCUT2D eigenvalue weighted by Crippen LogP contribution is -1.90. The predicted molar refractivity (Wildman–Crippen MR) is 49.8 cm³/mol. The molecule has 0 atom stereocenters. The van der Waals surface area contributed by atoms with Crippen molar-refractivity contribution < 1.29 is 4.74 Å². The SMILES string of the molecule is COc1nccc2c1c(C)nn2C. The quantitative estimate of drug-likeness (QED) is 0.658. The average molecular weight is 177 g/mol. The zero-order valence-electron chi connectivity index (χ0n) is 7.90. The molecule has 0 unspecified atom stereocenters. The first-order chi connectivity index (χ1) is 6.24. The average Bonchev–Trinajstić information content (AvgIpc) is 2.43. The molecule has 68 valence electrons. The van der Waals surface area contributed by atoms with E-state index in [2.05, 4.69) is 10.1 Å². The molecule has 0 aliphatic heterocycles. The Hall–Kier alpha value is -1.58. The third-order valence-electron chi connectivity index (χ3n) is 2.10. The predicted octanol–water partition coefficient (Wildman–Crippen LogP) is 1.29. The van der Waals surface area contributed by atoms with Crippen LogP contribution in [-0.2, 0) is 7.05 Å². The fourth-order valence-corrected chi connectivity index (χ4v) is 1.53. The molecule has 0 radical (unpaired) electrons. The molecule has 0 N–H and O–H groups in total. The van der Waals surface area contributed by atoms with Gasteiger partial charge in [-0.15, -0.1) is 0 Å². The number of rotatable bonds is 1. The zero-order chi connectivity index (χ0) is 9.42. The maximum absolute atomic E-state index is 5.16. The molecule has 0 fully saturated rings. The molecular weight excluding hydrogens is 166 g/mol. The van der Waals surface area contributed by atoms with Crippen molar-refractivity contribution in [3.05, 3.63) is 18.0 Å². The standard InChI is InChI=1S/C9H11N3O/c1-6-8-7(12(2)11-6)4-5-10-9(8)13-3/h4-5H,1-3H3. The molecule has 0 saturated carbocycles. The van der Waals surface area contributed by atoms with Gasteiger partial charge in [-0.1, -0.05) is 0 Å². The first kappa shape index (κ1) is 8.04. The van der Waals surface area contributed by atoms with E-state index in [1.165, 1.54) is 0 Å². The minimum atomic E-state index is 0.642. The Balaban J connectivity index is 2.88. The van der Waals surface area contributed by atoms with E-state index in [4.69, 9.17) is 4.74 Å². The second-order valence-corrected chi connectivity index (χ2v) is 2.92. The van der Waals surface area contributed by atoms with Gasteiger partial charge in [-0.3, -0.25) is 4.68 Å². The fourth-order valence-electron chi connectivity index (χ4n) is 1.53. The van der Waals surface area contributed by atoms with E-state index in [1.807, 2.05) is 24.7 Å². The van der Waals surface area contributed by atoms with Crippen LogP contribution in [0.2, 0.25) is 0 Å². The van der Waals surface area contributed by atoms with Gasteiger partial charge in [-0.05, 0) is 13.0 Å². The van der Waals surface area contributed by atoms with Gasteiger partial charge in [-0.25, -0.2) is 4.98 Å². The first-order valence-electron chi connectivity index (χ1n) is 4.06. The molecule has 4 nitrogen and oxygen atoms in total. The second kappa shape index (κ2) is 2.73. The van der Waals surface area contributed by atoms with Crippen molar-refractivity contribution in [2.75, 3.05) is 7.11 Å². The summed E-state index contributed by atoms with van der Waals surface area (Å²) in [6, 6.07) is 1.93. The summed E-state index contributed by atoms with van der Waals surface area (Å²) in [4.78, 5) is 4.12. The Morgan fingerprint density at radius 1 is 1.46 bits per heavy atom. The number of ether oxygens (including phenoxy) is 1. The van der Waals surface area contributed by atoms with Gasteiger partial charge in [0.15, 0.2) is 0 Å². The lowest BCUT2D eigenvalue weighted by molar-refractivity contribution is 0.403. The van der Waals surface area contributed by atoms with Crippen LogP contribution >= 0.6 is 0 Å². The Morgan fingerprint density at radius 3 is 2.92 bits per heavy atom. The summed E-state index contributed by atoms with van der Waals surface area (Å²) in [5.41, 5.74) is 1.99. The topological polar surface area (TPSA) is 39.9 Å². The molecule has 0 bridgehead atoms. The lowest BCUT2D eigenvalue weighted by Gasteiger charge is -1.99. The number of aryl methyl sites for hydroxylation is 2. The van der Waals surface area contributed by atoms with Gasteiger partial charge in [0.05, 0.1) is 23.7 Å².